The summed E-state index contributed by atoms with van der Waals surface area (Å²) < 4.78 is 12.7. The van der Waals surface area contributed by atoms with E-state index >= 15 is 0 Å². The molecule has 0 aliphatic carbocycles. The number of hydrogen-bond donors (Lipinski definition) is 1. The molecule has 168 valence electrons. The van der Waals surface area contributed by atoms with Crippen LogP contribution < -0.4 is 10.1 Å². The Kier molecular flexibility index (Phi) is 7.19. The van der Waals surface area contributed by atoms with E-state index in [1.807, 2.05) is 30.3 Å². The fourth-order valence-corrected chi connectivity index (χ4v) is 4.65. The maximum atomic E-state index is 13.0. The van der Waals surface area contributed by atoms with Crippen LogP contribution in [0.2, 0.25) is 0 Å². The number of ether oxygens (including phenoxy) is 2. The molecule has 2 saturated heterocycles. The average Bonchev–Trinajstić information content (AvgIpc) is 3.22. The number of hydrogen-bond acceptors (Lipinski definition) is 6. The number of carbonyl (C=O) groups is 1. The monoisotopic (exact) mass is 427 g/mol. The molecule has 3 heterocycles. The number of piperidine rings is 1. The number of carbonyl (C=O) groups excluding carboxylic acids is 1. The normalized spacial score (nSPS) is 19.1. The van der Waals surface area contributed by atoms with Crippen LogP contribution in [0.5, 0.6) is 5.88 Å². The van der Waals surface area contributed by atoms with Gasteiger partial charge in [0, 0.05) is 31.7 Å². The van der Waals surface area contributed by atoms with Crippen LogP contribution in [0, 0.1) is 5.41 Å². The van der Waals surface area contributed by atoms with E-state index in [4.69, 9.17) is 9.47 Å². The summed E-state index contributed by atoms with van der Waals surface area (Å²) in [7, 11) is 1.55. The van der Waals surface area contributed by atoms with Crippen molar-refractivity contribution >= 4 is 5.91 Å². The zero-order valence-corrected chi connectivity index (χ0v) is 18.4. The predicted octanol–water partition coefficient (Wildman–Crippen LogP) is 2.35. The van der Waals surface area contributed by atoms with E-state index in [1.54, 1.807) is 11.8 Å². The highest BCUT2D eigenvalue weighted by atomic mass is 16.5. The Morgan fingerprint density at radius 1 is 1.16 bits per heavy atom. The highest BCUT2D eigenvalue weighted by molar-refractivity contribution is 5.94. The van der Waals surface area contributed by atoms with E-state index in [-0.39, 0.29) is 17.0 Å². The topological polar surface area (TPSA) is 81.5 Å². The second-order valence-electron chi connectivity index (χ2n) is 8.72. The van der Waals surface area contributed by atoms with Gasteiger partial charge in [-0.15, -0.1) is 5.10 Å². The van der Waals surface area contributed by atoms with E-state index in [0.29, 0.717) is 19.0 Å². The highest BCUT2D eigenvalue weighted by Crippen LogP contribution is 2.32. The van der Waals surface area contributed by atoms with Crippen LogP contribution in [0.3, 0.4) is 0 Å². The molecule has 1 N–H and O–H groups in total. The summed E-state index contributed by atoms with van der Waals surface area (Å²) in [4.78, 5) is 15.6. The zero-order valence-electron chi connectivity index (χ0n) is 18.4. The summed E-state index contributed by atoms with van der Waals surface area (Å²) in [5.74, 6) is 0.152. The SMILES string of the molecule is COc1c(C(=O)NCC2(CN3CCCCC3)CCOCC2)nnn1Cc1ccccc1. The molecule has 0 bridgehead atoms. The van der Waals surface area contributed by atoms with Gasteiger partial charge in [-0.2, -0.15) is 0 Å². The fourth-order valence-electron chi connectivity index (χ4n) is 4.65. The van der Waals surface area contributed by atoms with Gasteiger partial charge in [-0.1, -0.05) is 42.0 Å². The van der Waals surface area contributed by atoms with Crippen LogP contribution in [0.4, 0.5) is 0 Å². The van der Waals surface area contributed by atoms with Gasteiger partial charge in [-0.3, -0.25) is 4.79 Å². The van der Waals surface area contributed by atoms with Gasteiger partial charge in [0.2, 0.25) is 11.6 Å². The first-order valence-corrected chi connectivity index (χ1v) is 11.3. The van der Waals surface area contributed by atoms with Gasteiger partial charge in [0.05, 0.1) is 13.7 Å². The first-order chi connectivity index (χ1) is 15.2. The molecule has 0 atom stereocenters. The molecule has 2 aromatic rings. The van der Waals surface area contributed by atoms with Crippen molar-refractivity contribution in [2.75, 3.05) is 46.5 Å². The summed E-state index contributed by atoms with van der Waals surface area (Å²) in [6.07, 6.45) is 5.77. The van der Waals surface area contributed by atoms with Gasteiger partial charge in [0.1, 0.15) is 0 Å². The van der Waals surface area contributed by atoms with Gasteiger partial charge < -0.3 is 19.7 Å². The lowest BCUT2D eigenvalue weighted by Crippen LogP contribution is -2.49. The molecule has 2 fully saturated rings. The first-order valence-electron chi connectivity index (χ1n) is 11.3. The van der Waals surface area contributed by atoms with E-state index < -0.39 is 0 Å². The Morgan fingerprint density at radius 3 is 2.61 bits per heavy atom. The number of amides is 1. The van der Waals surface area contributed by atoms with Gasteiger partial charge >= 0.3 is 0 Å². The highest BCUT2D eigenvalue weighted by Gasteiger charge is 2.36. The lowest BCUT2D eigenvalue weighted by molar-refractivity contribution is -0.00675. The molecule has 4 rings (SSSR count). The van der Waals surface area contributed by atoms with E-state index in [9.17, 15) is 4.79 Å². The van der Waals surface area contributed by atoms with Crippen LogP contribution in [0.25, 0.3) is 0 Å². The van der Waals surface area contributed by atoms with Crippen molar-refractivity contribution in [3.63, 3.8) is 0 Å². The van der Waals surface area contributed by atoms with Crippen molar-refractivity contribution in [1.29, 1.82) is 0 Å². The molecule has 1 amide bonds. The number of nitrogens with zero attached hydrogens (tertiary/aromatic N) is 4. The Labute approximate surface area is 183 Å². The van der Waals surface area contributed by atoms with Crippen LogP contribution >= 0.6 is 0 Å². The quantitative estimate of drug-likeness (QED) is 0.697. The van der Waals surface area contributed by atoms with Gasteiger partial charge in [0.15, 0.2) is 0 Å². The second kappa shape index (κ2) is 10.2. The molecular weight excluding hydrogens is 394 g/mol. The second-order valence-corrected chi connectivity index (χ2v) is 8.72. The summed E-state index contributed by atoms with van der Waals surface area (Å²) in [5, 5.41) is 11.4. The third kappa shape index (κ3) is 5.43. The van der Waals surface area contributed by atoms with Crippen molar-refractivity contribution in [2.24, 2.45) is 5.41 Å². The van der Waals surface area contributed by atoms with E-state index in [2.05, 4.69) is 20.5 Å². The molecule has 0 saturated carbocycles. The summed E-state index contributed by atoms with van der Waals surface area (Å²) in [5.41, 5.74) is 1.34. The maximum Gasteiger partial charge on any atom is 0.277 e. The minimum absolute atomic E-state index is 0.0402. The molecule has 31 heavy (non-hydrogen) atoms. The van der Waals surface area contributed by atoms with Gasteiger partial charge in [-0.05, 0) is 44.3 Å². The van der Waals surface area contributed by atoms with Gasteiger partial charge in [0.25, 0.3) is 5.91 Å². The lowest BCUT2D eigenvalue weighted by atomic mass is 9.79. The minimum atomic E-state index is -0.235. The molecule has 0 unspecified atom stereocenters. The standard InChI is InChI=1S/C23H33N5O3/c1-30-22-20(25-26-28(22)16-19-8-4-2-5-9-19)21(29)24-17-23(10-14-31-15-11-23)18-27-12-6-3-7-13-27/h2,4-5,8-9H,3,6-7,10-18H2,1H3,(H,24,29). The average molecular weight is 428 g/mol. The predicted molar refractivity (Wildman–Crippen MR) is 117 cm³/mol. The van der Waals surface area contributed by atoms with Crippen molar-refractivity contribution in [3.05, 3.63) is 41.6 Å². The molecule has 2 aliphatic rings. The Hall–Kier alpha value is -2.45. The fraction of sp³-hybridized carbons (Fsp3) is 0.609. The largest absolute Gasteiger partial charge is 0.479 e. The minimum Gasteiger partial charge on any atom is -0.479 e. The number of methoxy groups -OCH3 is 1. The van der Waals surface area contributed by atoms with Crippen molar-refractivity contribution in [1.82, 2.24) is 25.2 Å². The van der Waals surface area contributed by atoms with Crippen LogP contribution in [-0.4, -0.2) is 72.3 Å². The third-order valence-electron chi connectivity index (χ3n) is 6.46. The summed E-state index contributed by atoms with van der Waals surface area (Å²) in [6.45, 7) is 5.92. The zero-order chi connectivity index (χ0) is 21.5. The molecule has 0 spiro atoms. The molecule has 8 nitrogen and oxygen atoms in total. The van der Waals surface area contributed by atoms with Crippen LogP contribution in [-0.2, 0) is 11.3 Å². The van der Waals surface area contributed by atoms with Crippen molar-refractivity contribution < 1.29 is 14.3 Å². The molecular formula is C23H33N5O3. The molecule has 1 aromatic carbocycles. The summed E-state index contributed by atoms with van der Waals surface area (Å²) in [6, 6.07) is 9.94. The van der Waals surface area contributed by atoms with Crippen LogP contribution in [0.15, 0.2) is 30.3 Å². The Balaban J connectivity index is 1.42. The number of benzene rings is 1. The van der Waals surface area contributed by atoms with Crippen LogP contribution in [0.1, 0.15) is 48.2 Å². The van der Waals surface area contributed by atoms with Crippen molar-refractivity contribution in [2.45, 2.75) is 38.6 Å². The van der Waals surface area contributed by atoms with E-state index in [0.717, 1.165) is 51.3 Å². The first kappa shape index (κ1) is 21.8. The Bertz CT molecular complexity index is 842. The molecule has 0 radical (unpaired) electrons. The summed E-state index contributed by atoms with van der Waals surface area (Å²) >= 11 is 0. The third-order valence-corrected chi connectivity index (χ3v) is 6.46. The smallest absolute Gasteiger partial charge is 0.277 e. The van der Waals surface area contributed by atoms with Gasteiger partial charge in [-0.25, -0.2) is 4.68 Å². The van der Waals surface area contributed by atoms with E-state index in [1.165, 1.54) is 19.3 Å². The molecule has 2 aliphatic heterocycles. The van der Waals surface area contributed by atoms with Crippen molar-refractivity contribution in [3.8, 4) is 5.88 Å². The maximum absolute atomic E-state index is 13.0. The number of likely N-dealkylation sites (tertiary alicyclic amines) is 1. The Morgan fingerprint density at radius 2 is 1.90 bits per heavy atom. The number of nitrogens with one attached hydrogen (secondary N) is 1. The lowest BCUT2D eigenvalue weighted by Gasteiger charge is -2.42. The number of rotatable bonds is 8. The molecule has 1 aromatic heterocycles. The number of aromatic nitrogens is 3. The molecule has 8 heteroatoms.